The summed E-state index contributed by atoms with van der Waals surface area (Å²) in [4.78, 5) is 18.6. The van der Waals surface area contributed by atoms with E-state index in [1.807, 2.05) is 11.8 Å². The van der Waals surface area contributed by atoms with Gasteiger partial charge in [-0.25, -0.2) is 0 Å². The molecule has 0 spiro atoms. The number of hydrogen-bond acceptors (Lipinski definition) is 2. The van der Waals surface area contributed by atoms with Gasteiger partial charge in [0.25, 0.3) is 5.91 Å². The summed E-state index contributed by atoms with van der Waals surface area (Å²) in [7, 11) is 0. The molecule has 1 aliphatic rings. The molecule has 0 unspecified atom stereocenters. The summed E-state index contributed by atoms with van der Waals surface area (Å²) in [6.45, 7) is 11.8. The first-order valence-electron chi connectivity index (χ1n) is 8.86. The first-order valence-corrected chi connectivity index (χ1v) is 8.86. The normalized spacial score (nSPS) is 20.3. The molecular weight excluding hydrogens is 300 g/mol. The van der Waals surface area contributed by atoms with Gasteiger partial charge >= 0.3 is 0 Å². The van der Waals surface area contributed by atoms with Gasteiger partial charge in [0.05, 0.1) is 5.60 Å². The number of rotatable bonds is 3. The highest BCUT2D eigenvalue weighted by atomic mass is 16.5. The Morgan fingerprint density at radius 3 is 2.79 bits per heavy atom. The van der Waals surface area contributed by atoms with E-state index in [-0.39, 0.29) is 17.6 Å². The summed E-state index contributed by atoms with van der Waals surface area (Å²) in [5.74, 6) is 0.103. The molecule has 2 aromatic rings. The summed E-state index contributed by atoms with van der Waals surface area (Å²) in [6.07, 6.45) is 1.78. The Morgan fingerprint density at radius 1 is 1.38 bits per heavy atom. The van der Waals surface area contributed by atoms with Crippen molar-refractivity contribution in [3.8, 4) is 0 Å². The quantitative estimate of drug-likeness (QED) is 0.917. The molecule has 0 aliphatic carbocycles. The highest BCUT2D eigenvalue weighted by molar-refractivity contribution is 6.01. The van der Waals surface area contributed by atoms with Gasteiger partial charge in [-0.05, 0) is 65.2 Å². The van der Waals surface area contributed by atoms with Crippen molar-refractivity contribution in [2.75, 3.05) is 13.2 Å². The van der Waals surface area contributed by atoms with Gasteiger partial charge < -0.3 is 14.6 Å². The number of benzene rings is 1. The second-order valence-corrected chi connectivity index (χ2v) is 7.52. The zero-order valence-electron chi connectivity index (χ0n) is 15.4. The van der Waals surface area contributed by atoms with Crippen molar-refractivity contribution in [2.24, 2.45) is 0 Å². The molecule has 4 heteroatoms. The summed E-state index contributed by atoms with van der Waals surface area (Å²) < 4.78 is 5.81. The van der Waals surface area contributed by atoms with Crippen molar-refractivity contribution in [3.05, 3.63) is 35.0 Å². The molecule has 1 aromatic carbocycles. The second-order valence-electron chi connectivity index (χ2n) is 7.52. The molecule has 0 saturated carbocycles. The second kappa shape index (κ2) is 6.25. The Balaban J connectivity index is 1.93. The lowest BCUT2D eigenvalue weighted by Gasteiger charge is -2.41. The van der Waals surface area contributed by atoms with Crippen LogP contribution in [0.5, 0.6) is 0 Å². The van der Waals surface area contributed by atoms with E-state index in [4.69, 9.17) is 4.74 Å². The number of nitrogens with zero attached hydrogens (tertiary/aromatic N) is 1. The molecule has 130 valence electrons. The zero-order chi connectivity index (χ0) is 17.5. The fourth-order valence-electron chi connectivity index (χ4n) is 3.83. The number of aromatic nitrogens is 1. The Morgan fingerprint density at radius 2 is 2.12 bits per heavy atom. The molecule has 1 fully saturated rings. The third kappa shape index (κ3) is 3.07. The van der Waals surface area contributed by atoms with E-state index in [1.54, 1.807) is 0 Å². The lowest BCUT2D eigenvalue weighted by atomic mass is 9.92. The van der Waals surface area contributed by atoms with Crippen LogP contribution in [0.4, 0.5) is 0 Å². The molecule has 4 nitrogen and oxygen atoms in total. The number of aromatic amines is 1. The average molecular weight is 328 g/mol. The van der Waals surface area contributed by atoms with E-state index in [2.05, 4.69) is 50.9 Å². The minimum Gasteiger partial charge on any atom is -0.375 e. The molecule has 3 rings (SSSR count). The predicted molar refractivity (Wildman–Crippen MR) is 97.5 cm³/mol. The molecule has 2 heterocycles. The van der Waals surface area contributed by atoms with Crippen LogP contribution in [0.3, 0.4) is 0 Å². The fraction of sp³-hybridized carbons (Fsp3) is 0.550. The Hall–Kier alpha value is -1.81. The van der Waals surface area contributed by atoms with E-state index < -0.39 is 0 Å². The maximum absolute atomic E-state index is 13.2. The first kappa shape index (κ1) is 17.0. The molecule has 24 heavy (non-hydrogen) atoms. The van der Waals surface area contributed by atoms with Crippen molar-refractivity contribution < 1.29 is 9.53 Å². The zero-order valence-corrected chi connectivity index (χ0v) is 15.4. The monoisotopic (exact) mass is 328 g/mol. The van der Waals surface area contributed by atoms with Gasteiger partial charge in [0.2, 0.25) is 0 Å². The third-order valence-electron chi connectivity index (χ3n) is 5.14. The van der Waals surface area contributed by atoms with E-state index >= 15 is 0 Å². The van der Waals surface area contributed by atoms with Crippen LogP contribution in [0.25, 0.3) is 10.9 Å². The Kier molecular flexibility index (Phi) is 4.43. The number of aryl methyl sites for hydroxylation is 2. The van der Waals surface area contributed by atoms with Gasteiger partial charge in [0, 0.05) is 30.1 Å². The molecule has 1 aromatic heterocycles. The minimum absolute atomic E-state index is 0.103. The van der Waals surface area contributed by atoms with Gasteiger partial charge in [0.1, 0.15) is 5.69 Å². The van der Waals surface area contributed by atoms with Crippen LogP contribution in [0, 0.1) is 13.8 Å². The van der Waals surface area contributed by atoms with Gasteiger partial charge in [-0.15, -0.1) is 0 Å². The number of carbonyl (C=O) groups is 1. The van der Waals surface area contributed by atoms with E-state index in [0.717, 1.165) is 35.0 Å². The molecule has 1 saturated heterocycles. The van der Waals surface area contributed by atoms with Crippen LogP contribution < -0.4 is 0 Å². The first-order chi connectivity index (χ1) is 11.3. The average Bonchev–Trinajstić information content (AvgIpc) is 2.84. The predicted octanol–water partition coefficient (Wildman–Crippen LogP) is 4.20. The van der Waals surface area contributed by atoms with Crippen LogP contribution in [-0.2, 0) is 4.74 Å². The van der Waals surface area contributed by atoms with Crippen LogP contribution >= 0.6 is 0 Å². The maximum Gasteiger partial charge on any atom is 0.270 e. The highest BCUT2D eigenvalue weighted by Crippen LogP contribution is 2.30. The maximum atomic E-state index is 13.2. The van der Waals surface area contributed by atoms with E-state index in [0.29, 0.717) is 13.2 Å². The van der Waals surface area contributed by atoms with Crippen LogP contribution in [0.15, 0.2) is 18.2 Å². The van der Waals surface area contributed by atoms with E-state index in [9.17, 15) is 4.79 Å². The Bertz CT molecular complexity index is 760. The summed E-state index contributed by atoms with van der Waals surface area (Å²) in [6, 6.07) is 6.51. The number of fused-ring (bicyclic) bond motifs is 1. The molecule has 1 amide bonds. The van der Waals surface area contributed by atoms with Gasteiger partial charge in [-0.1, -0.05) is 11.6 Å². The van der Waals surface area contributed by atoms with Gasteiger partial charge in [0.15, 0.2) is 0 Å². The van der Waals surface area contributed by atoms with E-state index in [1.165, 1.54) is 5.56 Å². The number of amides is 1. The topological polar surface area (TPSA) is 45.3 Å². The smallest absolute Gasteiger partial charge is 0.270 e. The largest absolute Gasteiger partial charge is 0.375 e. The summed E-state index contributed by atoms with van der Waals surface area (Å²) in [5, 5.41) is 1.14. The third-order valence-corrected chi connectivity index (χ3v) is 5.14. The summed E-state index contributed by atoms with van der Waals surface area (Å²) in [5.41, 5.74) is 3.85. The lowest BCUT2D eigenvalue weighted by Crippen LogP contribution is -2.48. The molecule has 0 radical (unpaired) electrons. The van der Waals surface area contributed by atoms with Gasteiger partial charge in [-0.3, -0.25) is 4.79 Å². The van der Waals surface area contributed by atoms with Gasteiger partial charge in [-0.2, -0.15) is 0 Å². The number of carbonyl (C=O) groups excluding carboxylic acids is 1. The number of hydrogen-bond donors (Lipinski definition) is 1. The SMILES string of the molecule is CCN(C(=O)c1[nH]c2ccc(C)cc2c1C)[C@@H]1CCOC(C)(C)C1. The number of H-pyrrole nitrogens is 1. The fourth-order valence-corrected chi connectivity index (χ4v) is 3.83. The number of ether oxygens (including phenoxy) is 1. The molecule has 1 atom stereocenters. The van der Waals surface area contributed by atoms with Crippen LogP contribution in [0.2, 0.25) is 0 Å². The minimum atomic E-state index is -0.163. The van der Waals surface area contributed by atoms with Crippen molar-refractivity contribution >= 4 is 16.8 Å². The van der Waals surface area contributed by atoms with Crippen molar-refractivity contribution in [3.63, 3.8) is 0 Å². The van der Waals surface area contributed by atoms with Crippen LogP contribution in [0.1, 0.15) is 55.2 Å². The standard InChI is InChI=1S/C20H28N2O2/c1-6-22(15-9-10-24-20(4,5)12-15)19(23)18-14(3)16-11-13(2)7-8-17(16)21-18/h7-8,11,15,21H,6,9-10,12H2,1-5H3/t15-/m1/s1. The molecular formula is C20H28N2O2. The van der Waals surface area contributed by atoms with Crippen molar-refractivity contribution in [2.45, 2.75) is 59.1 Å². The molecule has 0 bridgehead atoms. The van der Waals surface area contributed by atoms with Crippen LogP contribution in [-0.4, -0.2) is 40.6 Å². The molecule has 1 N–H and O–H groups in total. The summed E-state index contributed by atoms with van der Waals surface area (Å²) >= 11 is 0. The van der Waals surface area contributed by atoms with Crippen molar-refractivity contribution in [1.29, 1.82) is 0 Å². The van der Waals surface area contributed by atoms with Crippen molar-refractivity contribution in [1.82, 2.24) is 9.88 Å². The lowest BCUT2D eigenvalue weighted by molar-refractivity contribution is -0.0777. The highest BCUT2D eigenvalue weighted by Gasteiger charge is 2.34. The Labute approximate surface area is 144 Å². The number of nitrogens with one attached hydrogen (secondary N) is 1. The molecule has 1 aliphatic heterocycles.